The Hall–Kier alpha value is -2.89. The van der Waals surface area contributed by atoms with Gasteiger partial charge in [-0.1, -0.05) is 54.6 Å². The summed E-state index contributed by atoms with van der Waals surface area (Å²) < 4.78 is 5.38. The molecule has 0 aliphatic carbocycles. The molecule has 3 aromatic carbocycles. The van der Waals surface area contributed by atoms with Crippen molar-refractivity contribution >= 4 is 16.7 Å². The quantitative estimate of drug-likeness (QED) is 0.646. The first-order valence-electron chi connectivity index (χ1n) is 11.2. The fourth-order valence-corrected chi connectivity index (χ4v) is 4.89. The summed E-state index contributed by atoms with van der Waals surface area (Å²) in [5.74, 6) is 0.738. The molecule has 1 aliphatic heterocycles. The standard InChI is InChI=1S/C27H32N2O3/c1-28(2)18-23-19-29(15-14-27(23,31)22-11-7-12-24(17-22)32-3)26(30)16-21-10-6-9-20-8-4-5-13-25(20)21/h4-13,17,23,31H,14-16,18-19H2,1-3H3. The minimum Gasteiger partial charge on any atom is -0.497 e. The molecule has 5 heteroatoms. The number of methoxy groups -OCH3 is 1. The third kappa shape index (κ3) is 4.50. The van der Waals surface area contributed by atoms with Gasteiger partial charge in [-0.3, -0.25) is 4.79 Å². The summed E-state index contributed by atoms with van der Waals surface area (Å²) in [7, 11) is 5.64. The van der Waals surface area contributed by atoms with Crippen LogP contribution in [0, 0.1) is 5.92 Å². The Morgan fingerprint density at radius 3 is 2.66 bits per heavy atom. The summed E-state index contributed by atoms with van der Waals surface area (Å²) in [6, 6.07) is 22.0. The molecule has 3 aromatic rings. The van der Waals surface area contributed by atoms with Crippen LogP contribution in [0.1, 0.15) is 17.5 Å². The number of rotatable bonds is 6. The Labute approximate surface area is 190 Å². The summed E-state index contributed by atoms with van der Waals surface area (Å²) >= 11 is 0. The van der Waals surface area contributed by atoms with Gasteiger partial charge in [-0.05, 0) is 54.5 Å². The molecule has 1 aliphatic rings. The van der Waals surface area contributed by atoms with Crippen molar-refractivity contribution in [3.8, 4) is 5.75 Å². The fourth-order valence-electron chi connectivity index (χ4n) is 4.89. The minimum atomic E-state index is -1.00. The highest BCUT2D eigenvalue weighted by Crippen LogP contribution is 2.39. The smallest absolute Gasteiger partial charge is 0.227 e. The zero-order chi connectivity index (χ0) is 22.7. The first-order chi connectivity index (χ1) is 15.4. The van der Waals surface area contributed by atoms with Crippen LogP contribution in [0.3, 0.4) is 0 Å². The number of piperidine rings is 1. The van der Waals surface area contributed by atoms with Crippen LogP contribution in [-0.2, 0) is 16.8 Å². The van der Waals surface area contributed by atoms with Crippen LogP contribution in [-0.4, -0.2) is 61.7 Å². The number of likely N-dealkylation sites (tertiary alicyclic amines) is 1. The van der Waals surface area contributed by atoms with Crippen LogP contribution in [0.2, 0.25) is 0 Å². The summed E-state index contributed by atoms with van der Waals surface area (Å²) in [5, 5.41) is 14.1. The first-order valence-corrected chi connectivity index (χ1v) is 11.2. The van der Waals surface area contributed by atoms with E-state index in [1.54, 1.807) is 7.11 Å². The topological polar surface area (TPSA) is 53.0 Å². The monoisotopic (exact) mass is 432 g/mol. The van der Waals surface area contributed by atoms with E-state index in [1.807, 2.05) is 67.5 Å². The summed E-state index contributed by atoms with van der Waals surface area (Å²) in [5.41, 5.74) is 0.894. The average Bonchev–Trinajstić information content (AvgIpc) is 2.80. The molecule has 32 heavy (non-hydrogen) atoms. The number of hydrogen-bond donors (Lipinski definition) is 1. The van der Waals surface area contributed by atoms with Crippen LogP contribution in [0.15, 0.2) is 66.7 Å². The van der Waals surface area contributed by atoms with Crippen molar-refractivity contribution in [1.82, 2.24) is 9.80 Å². The third-order valence-electron chi connectivity index (χ3n) is 6.61. The molecule has 4 rings (SSSR count). The van der Waals surface area contributed by atoms with Crippen LogP contribution in [0.5, 0.6) is 5.75 Å². The van der Waals surface area contributed by atoms with E-state index in [-0.39, 0.29) is 11.8 Å². The first kappa shape index (κ1) is 22.3. The molecule has 2 unspecified atom stereocenters. The van der Waals surface area contributed by atoms with Crippen molar-refractivity contribution < 1.29 is 14.6 Å². The summed E-state index contributed by atoms with van der Waals surface area (Å²) in [6.45, 7) is 1.74. The average molecular weight is 433 g/mol. The number of aliphatic hydroxyl groups is 1. The predicted octanol–water partition coefficient (Wildman–Crippen LogP) is 3.69. The second-order valence-electron chi connectivity index (χ2n) is 9.02. The number of nitrogens with zero attached hydrogens (tertiary/aromatic N) is 2. The van der Waals surface area contributed by atoms with Crippen molar-refractivity contribution in [2.45, 2.75) is 18.4 Å². The van der Waals surface area contributed by atoms with Gasteiger partial charge in [-0.2, -0.15) is 0 Å². The predicted molar refractivity (Wildman–Crippen MR) is 128 cm³/mol. The highest BCUT2D eigenvalue weighted by molar-refractivity contribution is 5.90. The van der Waals surface area contributed by atoms with Gasteiger partial charge in [-0.15, -0.1) is 0 Å². The van der Waals surface area contributed by atoms with Gasteiger partial charge in [0.1, 0.15) is 5.75 Å². The number of carbonyl (C=O) groups is 1. The van der Waals surface area contributed by atoms with Gasteiger partial charge in [0, 0.05) is 25.6 Å². The van der Waals surface area contributed by atoms with E-state index >= 15 is 0 Å². The fraction of sp³-hybridized carbons (Fsp3) is 0.370. The molecule has 5 nitrogen and oxygen atoms in total. The lowest BCUT2D eigenvalue weighted by Gasteiger charge is -2.46. The van der Waals surface area contributed by atoms with Crippen molar-refractivity contribution in [1.29, 1.82) is 0 Å². The van der Waals surface area contributed by atoms with Gasteiger partial charge in [0.2, 0.25) is 5.91 Å². The Balaban J connectivity index is 1.56. The van der Waals surface area contributed by atoms with E-state index in [2.05, 4.69) is 23.1 Å². The number of ether oxygens (including phenoxy) is 1. The maximum atomic E-state index is 13.3. The Morgan fingerprint density at radius 1 is 1.12 bits per heavy atom. The van der Waals surface area contributed by atoms with E-state index in [0.29, 0.717) is 32.5 Å². The molecule has 1 N–H and O–H groups in total. The Morgan fingerprint density at radius 2 is 1.88 bits per heavy atom. The minimum absolute atomic E-state index is 0.102. The number of hydrogen-bond acceptors (Lipinski definition) is 4. The van der Waals surface area contributed by atoms with Crippen molar-refractivity contribution in [3.05, 3.63) is 77.9 Å². The van der Waals surface area contributed by atoms with E-state index in [4.69, 9.17) is 4.74 Å². The molecule has 0 aromatic heterocycles. The van der Waals surface area contributed by atoms with Gasteiger partial charge in [-0.25, -0.2) is 0 Å². The Kier molecular flexibility index (Phi) is 6.49. The van der Waals surface area contributed by atoms with Gasteiger partial charge < -0.3 is 19.6 Å². The molecule has 1 fully saturated rings. The van der Waals surface area contributed by atoms with Crippen molar-refractivity contribution in [2.75, 3.05) is 40.8 Å². The van der Waals surface area contributed by atoms with Crippen LogP contribution in [0.4, 0.5) is 0 Å². The van der Waals surface area contributed by atoms with Gasteiger partial charge in [0.25, 0.3) is 0 Å². The molecular weight excluding hydrogens is 400 g/mol. The van der Waals surface area contributed by atoms with E-state index < -0.39 is 5.60 Å². The molecule has 0 bridgehead atoms. The van der Waals surface area contributed by atoms with Crippen molar-refractivity contribution in [3.63, 3.8) is 0 Å². The number of amides is 1. The molecule has 0 radical (unpaired) electrons. The summed E-state index contributed by atoms with van der Waals surface area (Å²) in [4.78, 5) is 17.3. The largest absolute Gasteiger partial charge is 0.497 e. The Bertz CT molecular complexity index is 1090. The normalized spacial score (nSPS) is 21.2. The number of carbonyl (C=O) groups excluding carboxylic acids is 1. The number of fused-ring (bicyclic) bond motifs is 1. The zero-order valence-electron chi connectivity index (χ0n) is 19.1. The second kappa shape index (κ2) is 9.31. The van der Waals surface area contributed by atoms with Crippen LogP contribution < -0.4 is 4.74 Å². The van der Waals surface area contributed by atoms with Gasteiger partial charge >= 0.3 is 0 Å². The highest BCUT2D eigenvalue weighted by Gasteiger charge is 2.44. The van der Waals surface area contributed by atoms with Gasteiger partial charge in [0.15, 0.2) is 0 Å². The van der Waals surface area contributed by atoms with Crippen LogP contribution in [0.25, 0.3) is 10.8 Å². The lowest BCUT2D eigenvalue weighted by Crippen LogP contribution is -2.54. The molecule has 0 saturated carbocycles. The lowest BCUT2D eigenvalue weighted by molar-refractivity contribution is -0.141. The molecule has 0 spiro atoms. The molecule has 168 valence electrons. The van der Waals surface area contributed by atoms with Crippen LogP contribution >= 0.6 is 0 Å². The van der Waals surface area contributed by atoms with E-state index in [0.717, 1.165) is 27.6 Å². The maximum Gasteiger partial charge on any atom is 0.227 e. The maximum absolute atomic E-state index is 13.3. The van der Waals surface area contributed by atoms with Gasteiger partial charge in [0.05, 0.1) is 19.1 Å². The van der Waals surface area contributed by atoms with Crippen molar-refractivity contribution in [2.24, 2.45) is 5.92 Å². The highest BCUT2D eigenvalue weighted by atomic mass is 16.5. The zero-order valence-corrected chi connectivity index (χ0v) is 19.1. The molecule has 2 atom stereocenters. The molecule has 1 heterocycles. The SMILES string of the molecule is COc1cccc(C2(O)CCN(C(=O)Cc3cccc4ccccc34)CC2CN(C)C)c1. The lowest BCUT2D eigenvalue weighted by atomic mass is 9.75. The molecule has 1 saturated heterocycles. The third-order valence-corrected chi connectivity index (χ3v) is 6.61. The molecule has 1 amide bonds. The summed E-state index contributed by atoms with van der Waals surface area (Å²) in [6.07, 6.45) is 0.869. The number of benzene rings is 3. The second-order valence-corrected chi connectivity index (χ2v) is 9.02. The van der Waals surface area contributed by atoms with E-state index in [1.165, 1.54) is 0 Å². The molecular formula is C27H32N2O3. The van der Waals surface area contributed by atoms with E-state index in [9.17, 15) is 9.90 Å².